The van der Waals surface area contributed by atoms with Gasteiger partial charge in [-0.05, 0) is 19.4 Å². The fourth-order valence-electron chi connectivity index (χ4n) is 2.06. The standard InChI is InChI=1S/C11H17N5O3/c17-11(14-9-2-1-4-12-6-9)3-5-15-8-10(7-13-15)16(18)19/h7-9,12H,1-6H2,(H,14,17). The Labute approximate surface area is 110 Å². The zero-order chi connectivity index (χ0) is 13.7. The maximum absolute atomic E-state index is 11.7. The molecule has 104 valence electrons. The van der Waals surface area contributed by atoms with Crippen LogP contribution < -0.4 is 10.6 Å². The second-order valence-electron chi connectivity index (χ2n) is 4.58. The summed E-state index contributed by atoms with van der Waals surface area (Å²) in [4.78, 5) is 21.7. The van der Waals surface area contributed by atoms with Crippen LogP contribution in [0.25, 0.3) is 0 Å². The first kappa shape index (κ1) is 13.5. The summed E-state index contributed by atoms with van der Waals surface area (Å²) in [5.74, 6) is -0.0492. The highest BCUT2D eigenvalue weighted by atomic mass is 16.6. The maximum Gasteiger partial charge on any atom is 0.306 e. The predicted molar refractivity (Wildman–Crippen MR) is 67.5 cm³/mol. The van der Waals surface area contributed by atoms with Crippen LogP contribution in [0.15, 0.2) is 12.4 Å². The van der Waals surface area contributed by atoms with Crippen LogP contribution >= 0.6 is 0 Å². The van der Waals surface area contributed by atoms with E-state index in [1.807, 2.05) is 0 Å². The number of nitrogens with one attached hydrogen (secondary N) is 2. The number of aryl methyl sites for hydroxylation is 1. The van der Waals surface area contributed by atoms with E-state index >= 15 is 0 Å². The van der Waals surface area contributed by atoms with Crippen LogP contribution in [0.3, 0.4) is 0 Å². The predicted octanol–water partition coefficient (Wildman–Crippen LogP) is 0.0496. The molecule has 1 aliphatic rings. The largest absolute Gasteiger partial charge is 0.352 e. The Balaban J connectivity index is 1.74. The molecule has 1 amide bonds. The molecular weight excluding hydrogens is 250 g/mol. The minimum absolute atomic E-state index is 0.0492. The molecule has 1 unspecified atom stereocenters. The molecule has 8 heteroatoms. The van der Waals surface area contributed by atoms with E-state index in [1.165, 1.54) is 17.1 Å². The number of hydrogen-bond acceptors (Lipinski definition) is 5. The Bertz CT molecular complexity index is 453. The van der Waals surface area contributed by atoms with Crippen LogP contribution in [0.4, 0.5) is 5.69 Å². The number of carbonyl (C=O) groups excluding carboxylic acids is 1. The number of amides is 1. The molecular formula is C11H17N5O3. The van der Waals surface area contributed by atoms with E-state index in [9.17, 15) is 14.9 Å². The van der Waals surface area contributed by atoms with Crippen LogP contribution in [0.2, 0.25) is 0 Å². The van der Waals surface area contributed by atoms with Crippen molar-refractivity contribution in [1.29, 1.82) is 0 Å². The normalized spacial score (nSPS) is 19.1. The average molecular weight is 267 g/mol. The van der Waals surface area contributed by atoms with E-state index in [2.05, 4.69) is 15.7 Å². The number of rotatable bonds is 5. The van der Waals surface area contributed by atoms with Gasteiger partial charge in [0.2, 0.25) is 5.91 Å². The fraction of sp³-hybridized carbons (Fsp3) is 0.636. The SMILES string of the molecule is O=C(CCn1cc([N+](=O)[O-])cn1)NC1CCCNC1. The van der Waals surface area contributed by atoms with E-state index < -0.39 is 4.92 Å². The Hall–Kier alpha value is -1.96. The van der Waals surface area contributed by atoms with E-state index in [0.29, 0.717) is 6.54 Å². The average Bonchev–Trinajstić information content (AvgIpc) is 2.86. The zero-order valence-corrected chi connectivity index (χ0v) is 10.5. The molecule has 0 bridgehead atoms. The third-order valence-corrected chi connectivity index (χ3v) is 3.06. The molecule has 8 nitrogen and oxygen atoms in total. The molecule has 1 aromatic rings. The topological polar surface area (TPSA) is 102 Å². The minimum Gasteiger partial charge on any atom is -0.352 e. The van der Waals surface area contributed by atoms with Crippen molar-refractivity contribution >= 4 is 11.6 Å². The molecule has 2 heterocycles. The number of nitro groups is 1. The molecule has 1 atom stereocenters. The van der Waals surface area contributed by atoms with E-state index in [-0.39, 0.29) is 24.1 Å². The highest BCUT2D eigenvalue weighted by molar-refractivity contribution is 5.76. The molecule has 2 N–H and O–H groups in total. The lowest BCUT2D eigenvalue weighted by Gasteiger charge is -2.23. The van der Waals surface area contributed by atoms with Crippen molar-refractivity contribution in [1.82, 2.24) is 20.4 Å². The molecule has 0 saturated carbocycles. The lowest BCUT2D eigenvalue weighted by molar-refractivity contribution is -0.385. The van der Waals surface area contributed by atoms with Crippen LogP contribution in [0, 0.1) is 10.1 Å². The Morgan fingerprint density at radius 1 is 1.68 bits per heavy atom. The number of nitrogens with zero attached hydrogens (tertiary/aromatic N) is 3. The van der Waals surface area contributed by atoms with Crippen LogP contribution in [-0.2, 0) is 11.3 Å². The van der Waals surface area contributed by atoms with Crippen molar-refractivity contribution in [2.45, 2.75) is 31.8 Å². The monoisotopic (exact) mass is 267 g/mol. The second-order valence-corrected chi connectivity index (χ2v) is 4.58. The second kappa shape index (κ2) is 6.28. The number of piperidine rings is 1. The third-order valence-electron chi connectivity index (χ3n) is 3.06. The van der Waals surface area contributed by atoms with Crippen LogP contribution in [0.1, 0.15) is 19.3 Å². The van der Waals surface area contributed by atoms with Crippen molar-refractivity contribution in [2.75, 3.05) is 13.1 Å². The molecule has 1 fully saturated rings. The summed E-state index contributed by atoms with van der Waals surface area (Å²) in [6.45, 7) is 2.15. The number of hydrogen-bond donors (Lipinski definition) is 2. The Morgan fingerprint density at radius 3 is 3.16 bits per heavy atom. The maximum atomic E-state index is 11.7. The summed E-state index contributed by atoms with van der Waals surface area (Å²) in [5, 5.41) is 20.5. The summed E-state index contributed by atoms with van der Waals surface area (Å²) in [6, 6.07) is 0.188. The van der Waals surface area contributed by atoms with Crippen LogP contribution in [0.5, 0.6) is 0 Å². The van der Waals surface area contributed by atoms with Gasteiger partial charge in [0.1, 0.15) is 12.4 Å². The first-order valence-corrected chi connectivity index (χ1v) is 6.32. The molecule has 2 rings (SSSR count). The van der Waals surface area contributed by atoms with E-state index in [4.69, 9.17) is 0 Å². The Kier molecular flexibility index (Phi) is 4.45. The van der Waals surface area contributed by atoms with Gasteiger partial charge in [-0.15, -0.1) is 0 Å². The van der Waals surface area contributed by atoms with E-state index in [1.54, 1.807) is 0 Å². The van der Waals surface area contributed by atoms with Gasteiger partial charge in [0, 0.05) is 25.6 Å². The summed E-state index contributed by atoms with van der Waals surface area (Å²) < 4.78 is 1.41. The highest BCUT2D eigenvalue weighted by Gasteiger charge is 2.15. The minimum atomic E-state index is -0.503. The number of carbonyl (C=O) groups is 1. The molecule has 0 aliphatic carbocycles. The molecule has 0 radical (unpaired) electrons. The van der Waals surface area contributed by atoms with Gasteiger partial charge in [-0.1, -0.05) is 0 Å². The Morgan fingerprint density at radius 2 is 2.53 bits per heavy atom. The third kappa shape index (κ3) is 4.02. The van der Waals surface area contributed by atoms with Gasteiger partial charge in [-0.2, -0.15) is 5.10 Å². The molecule has 1 saturated heterocycles. The van der Waals surface area contributed by atoms with Crippen molar-refractivity contribution < 1.29 is 9.72 Å². The first-order chi connectivity index (χ1) is 9.15. The lowest BCUT2D eigenvalue weighted by atomic mass is 10.1. The summed E-state index contributed by atoms with van der Waals surface area (Å²) in [7, 11) is 0. The van der Waals surface area contributed by atoms with Gasteiger partial charge in [0.25, 0.3) is 0 Å². The number of aromatic nitrogens is 2. The lowest BCUT2D eigenvalue weighted by Crippen LogP contribution is -2.45. The summed E-state index contributed by atoms with van der Waals surface area (Å²) in [5.41, 5.74) is -0.0584. The van der Waals surface area contributed by atoms with Gasteiger partial charge in [-0.3, -0.25) is 19.6 Å². The molecule has 0 aromatic carbocycles. The zero-order valence-electron chi connectivity index (χ0n) is 10.5. The van der Waals surface area contributed by atoms with Crippen molar-refractivity contribution in [3.8, 4) is 0 Å². The summed E-state index contributed by atoms with van der Waals surface area (Å²) in [6.07, 6.45) is 4.84. The van der Waals surface area contributed by atoms with Gasteiger partial charge >= 0.3 is 5.69 Å². The van der Waals surface area contributed by atoms with Gasteiger partial charge in [-0.25, -0.2) is 0 Å². The van der Waals surface area contributed by atoms with Gasteiger partial charge < -0.3 is 10.6 Å². The van der Waals surface area contributed by atoms with Crippen LogP contribution in [-0.4, -0.2) is 39.7 Å². The van der Waals surface area contributed by atoms with Crippen molar-refractivity contribution in [3.05, 3.63) is 22.5 Å². The fourth-order valence-corrected chi connectivity index (χ4v) is 2.06. The summed E-state index contributed by atoms with van der Waals surface area (Å²) >= 11 is 0. The molecule has 1 aliphatic heterocycles. The smallest absolute Gasteiger partial charge is 0.306 e. The van der Waals surface area contributed by atoms with Crippen molar-refractivity contribution in [3.63, 3.8) is 0 Å². The van der Waals surface area contributed by atoms with E-state index in [0.717, 1.165) is 25.9 Å². The van der Waals surface area contributed by atoms with Gasteiger partial charge in [0.05, 0.1) is 4.92 Å². The molecule has 0 spiro atoms. The highest BCUT2D eigenvalue weighted by Crippen LogP contribution is 2.08. The first-order valence-electron chi connectivity index (χ1n) is 6.32. The quantitative estimate of drug-likeness (QED) is 0.579. The molecule has 19 heavy (non-hydrogen) atoms. The molecule has 1 aromatic heterocycles. The van der Waals surface area contributed by atoms with Gasteiger partial charge in [0.15, 0.2) is 0 Å². The van der Waals surface area contributed by atoms with Crippen molar-refractivity contribution in [2.24, 2.45) is 0 Å².